The predicted octanol–water partition coefficient (Wildman–Crippen LogP) is 3.35. The molecule has 1 aliphatic rings. The maximum absolute atomic E-state index is 9.03. The maximum atomic E-state index is 9.03. The first-order valence-corrected chi connectivity index (χ1v) is 8.22. The van der Waals surface area contributed by atoms with Crippen LogP contribution in [0.2, 0.25) is 0 Å². The van der Waals surface area contributed by atoms with E-state index < -0.39 is 0 Å². The van der Waals surface area contributed by atoms with Crippen molar-refractivity contribution in [1.82, 2.24) is 4.90 Å². The molecule has 3 heteroatoms. The SMILES string of the molecule is CC(C)N(CCCO)CC1(CS)CCCCCC1. The van der Waals surface area contributed by atoms with Crippen molar-refractivity contribution in [3.05, 3.63) is 0 Å². The third kappa shape index (κ3) is 5.10. The minimum atomic E-state index is 0.303. The molecule has 0 atom stereocenters. The quantitative estimate of drug-likeness (QED) is 0.549. The van der Waals surface area contributed by atoms with Crippen LogP contribution < -0.4 is 0 Å². The van der Waals surface area contributed by atoms with Gasteiger partial charge in [-0.05, 0) is 44.3 Å². The lowest BCUT2D eigenvalue weighted by Crippen LogP contribution is -2.43. The highest BCUT2D eigenvalue weighted by Gasteiger charge is 2.32. The molecule has 0 aromatic heterocycles. The normalized spacial score (nSPS) is 20.3. The molecule has 18 heavy (non-hydrogen) atoms. The third-order valence-electron chi connectivity index (χ3n) is 4.37. The first kappa shape index (κ1) is 16.3. The van der Waals surface area contributed by atoms with E-state index in [1.165, 1.54) is 38.5 Å². The van der Waals surface area contributed by atoms with E-state index in [1.54, 1.807) is 0 Å². The van der Waals surface area contributed by atoms with Gasteiger partial charge in [0.1, 0.15) is 0 Å². The van der Waals surface area contributed by atoms with E-state index in [4.69, 9.17) is 5.11 Å². The molecule has 0 unspecified atom stereocenters. The lowest BCUT2D eigenvalue weighted by molar-refractivity contribution is 0.114. The number of nitrogens with zero attached hydrogens (tertiary/aromatic N) is 1. The highest BCUT2D eigenvalue weighted by molar-refractivity contribution is 7.80. The molecular formula is C15H31NOS. The van der Waals surface area contributed by atoms with Gasteiger partial charge < -0.3 is 10.0 Å². The summed E-state index contributed by atoms with van der Waals surface area (Å²) in [5, 5.41) is 9.03. The zero-order valence-electron chi connectivity index (χ0n) is 12.2. The number of hydrogen-bond acceptors (Lipinski definition) is 3. The Morgan fingerprint density at radius 3 is 2.22 bits per heavy atom. The van der Waals surface area contributed by atoms with E-state index in [0.717, 1.165) is 25.3 Å². The van der Waals surface area contributed by atoms with E-state index >= 15 is 0 Å². The summed E-state index contributed by atoms with van der Waals surface area (Å²) in [5.41, 5.74) is 0.416. The summed E-state index contributed by atoms with van der Waals surface area (Å²) in [6.45, 7) is 7.01. The van der Waals surface area contributed by atoms with Gasteiger partial charge in [0.2, 0.25) is 0 Å². The molecule has 1 saturated carbocycles. The zero-order chi connectivity index (χ0) is 13.4. The lowest BCUT2D eigenvalue weighted by Gasteiger charge is -2.39. The molecule has 0 saturated heterocycles. The fourth-order valence-electron chi connectivity index (χ4n) is 3.07. The summed E-state index contributed by atoms with van der Waals surface area (Å²) in [6.07, 6.45) is 9.08. The Morgan fingerprint density at radius 1 is 1.17 bits per heavy atom. The maximum Gasteiger partial charge on any atom is 0.0443 e. The summed E-state index contributed by atoms with van der Waals surface area (Å²) >= 11 is 4.66. The van der Waals surface area contributed by atoms with Gasteiger partial charge in [-0.3, -0.25) is 0 Å². The standard InChI is InChI=1S/C15H31NOS/c1-14(2)16(10-7-11-17)12-15(13-18)8-5-3-4-6-9-15/h14,17-18H,3-13H2,1-2H3. The van der Waals surface area contributed by atoms with Crippen LogP contribution in [0.1, 0.15) is 58.8 Å². The minimum Gasteiger partial charge on any atom is -0.396 e. The van der Waals surface area contributed by atoms with Crippen LogP contribution in [-0.4, -0.2) is 41.5 Å². The van der Waals surface area contributed by atoms with Crippen LogP contribution in [0.3, 0.4) is 0 Å². The largest absolute Gasteiger partial charge is 0.396 e. The van der Waals surface area contributed by atoms with Crippen LogP contribution in [0.15, 0.2) is 0 Å². The number of rotatable bonds is 7. The minimum absolute atomic E-state index is 0.303. The van der Waals surface area contributed by atoms with Crippen LogP contribution in [-0.2, 0) is 0 Å². The molecule has 0 heterocycles. The number of hydrogen-bond donors (Lipinski definition) is 2. The molecule has 1 N–H and O–H groups in total. The Labute approximate surface area is 119 Å². The second-order valence-corrected chi connectivity index (χ2v) is 6.53. The van der Waals surface area contributed by atoms with Gasteiger partial charge in [-0.15, -0.1) is 0 Å². The smallest absolute Gasteiger partial charge is 0.0443 e. The Kier molecular flexibility index (Phi) is 7.66. The van der Waals surface area contributed by atoms with Crippen molar-refractivity contribution in [3.63, 3.8) is 0 Å². The summed E-state index contributed by atoms with van der Waals surface area (Å²) in [4.78, 5) is 2.54. The highest BCUT2D eigenvalue weighted by Crippen LogP contribution is 2.37. The zero-order valence-corrected chi connectivity index (χ0v) is 13.1. The lowest BCUT2D eigenvalue weighted by atomic mass is 9.81. The molecule has 1 aliphatic carbocycles. The Hall–Kier alpha value is 0.270. The van der Waals surface area contributed by atoms with E-state index in [2.05, 4.69) is 31.4 Å². The van der Waals surface area contributed by atoms with Gasteiger partial charge in [0.15, 0.2) is 0 Å². The van der Waals surface area contributed by atoms with Gasteiger partial charge in [0.25, 0.3) is 0 Å². The Bertz CT molecular complexity index is 213. The number of aliphatic hydroxyl groups excluding tert-OH is 1. The van der Waals surface area contributed by atoms with Gasteiger partial charge in [-0.25, -0.2) is 0 Å². The average Bonchev–Trinajstić information content (AvgIpc) is 2.60. The topological polar surface area (TPSA) is 23.5 Å². The number of aliphatic hydroxyl groups is 1. The second-order valence-electron chi connectivity index (χ2n) is 6.21. The van der Waals surface area contributed by atoms with Gasteiger partial charge in [-0.2, -0.15) is 12.6 Å². The van der Waals surface area contributed by atoms with Crippen molar-refractivity contribution in [3.8, 4) is 0 Å². The Balaban J connectivity index is 2.61. The fourth-order valence-corrected chi connectivity index (χ4v) is 3.49. The van der Waals surface area contributed by atoms with Gasteiger partial charge in [0, 0.05) is 25.7 Å². The molecule has 0 amide bonds. The van der Waals surface area contributed by atoms with Crippen molar-refractivity contribution in [2.24, 2.45) is 5.41 Å². The number of thiol groups is 1. The van der Waals surface area contributed by atoms with Crippen LogP contribution >= 0.6 is 12.6 Å². The summed E-state index contributed by atoms with van der Waals surface area (Å²) in [5.74, 6) is 1.01. The third-order valence-corrected chi connectivity index (χ3v) is 5.04. The monoisotopic (exact) mass is 273 g/mol. The van der Waals surface area contributed by atoms with Crippen LogP contribution in [0.4, 0.5) is 0 Å². The molecule has 2 nitrogen and oxygen atoms in total. The van der Waals surface area contributed by atoms with Gasteiger partial charge in [0.05, 0.1) is 0 Å². The molecule has 1 fully saturated rings. The summed E-state index contributed by atoms with van der Waals surface area (Å²) < 4.78 is 0. The Morgan fingerprint density at radius 2 is 1.78 bits per heavy atom. The molecule has 0 aromatic rings. The van der Waals surface area contributed by atoms with Crippen molar-refractivity contribution < 1.29 is 5.11 Å². The van der Waals surface area contributed by atoms with Crippen molar-refractivity contribution in [2.75, 3.05) is 25.4 Å². The van der Waals surface area contributed by atoms with Gasteiger partial charge >= 0.3 is 0 Å². The molecule has 0 spiro atoms. The predicted molar refractivity (Wildman–Crippen MR) is 82.4 cm³/mol. The second kappa shape index (κ2) is 8.44. The van der Waals surface area contributed by atoms with Crippen molar-refractivity contribution >= 4 is 12.6 Å². The molecule has 108 valence electrons. The average molecular weight is 273 g/mol. The molecule has 0 aromatic carbocycles. The molecule has 0 aliphatic heterocycles. The molecule has 1 rings (SSSR count). The first-order chi connectivity index (χ1) is 8.63. The summed E-state index contributed by atoms with van der Waals surface area (Å²) in [7, 11) is 0. The van der Waals surface area contributed by atoms with E-state index in [0.29, 0.717) is 18.1 Å². The van der Waals surface area contributed by atoms with Crippen molar-refractivity contribution in [2.45, 2.75) is 64.8 Å². The van der Waals surface area contributed by atoms with Crippen LogP contribution in [0, 0.1) is 5.41 Å². The van der Waals surface area contributed by atoms with Gasteiger partial charge in [-0.1, -0.05) is 25.7 Å². The van der Waals surface area contributed by atoms with Crippen LogP contribution in [0.25, 0.3) is 0 Å². The fraction of sp³-hybridized carbons (Fsp3) is 1.00. The van der Waals surface area contributed by atoms with E-state index in [1.807, 2.05) is 0 Å². The van der Waals surface area contributed by atoms with Crippen LogP contribution in [0.5, 0.6) is 0 Å². The van der Waals surface area contributed by atoms with E-state index in [9.17, 15) is 0 Å². The first-order valence-electron chi connectivity index (χ1n) is 7.59. The molecular weight excluding hydrogens is 242 g/mol. The van der Waals surface area contributed by atoms with Crippen molar-refractivity contribution in [1.29, 1.82) is 0 Å². The highest BCUT2D eigenvalue weighted by atomic mass is 32.1. The summed E-state index contributed by atoms with van der Waals surface area (Å²) in [6, 6.07) is 0.566. The van der Waals surface area contributed by atoms with E-state index in [-0.39, 0.29) is 0 Å². The molecule has 0 bridgehead atoms. The molecule has 0 radical (unpaired) electrons.